The summed E-state index contributed by atoms with van der Waals surface area (Å²) in [6.45, 7) is 2.91. The third kappa shape index (κ3) is 5.80. The number of urea groups is 1. The smallest absolute Gasteiger partial charge is 0.394 e. The number of aromatic nitrogens is 1. The average molecular weight is 469 g/mol. The number of nitrogens with zero attached hydrogens (tertiary/aromatic N) is 2. The molecule has 2 heterocycles. The van der Waals surface area contributed by atoms with Crippen LogP contribution in [0.4, 0.5) is 28.0 Å². The Hall–Kier alpha value is -2.72. The largest absolute Gasteiger partial charge is 0.416 e. The lowest BCUT2D eigenvalue weighted by atomic mass is 9.87. The van der Waals surface area contributed by atoms with Crippen molar-refractivity contribution in [3.63, 3.8) is 0 Å². The topological polar surface area (TPSA) is 85.7 Å². The number of nitrogens with one attached hydrogen (secondary N) is 1. The molecule has 0 saturated carbocycles. The van der Waals surface area contributed by atoms with Crippen molar-refractivity contribution in [2.75, 3.05) is 25.0 Å². The van der Waals surface area contributed by atoms with Gasteiger partial charge in [-0.15, -0.1) is 0 Å². The van der Waals surface area contributed by atoms with Gasteiger partial charge in [0, 0.05) is 44.2 Å². The monoisotopic (exact) mass is 469 g/mol. The van der Waals surface area contributed by atoms with Crippen molar-refractivity contribution in [1.82, 2.24) is 9.88 Å². The Labute approximate surface area is 189 Å². The van der Waals surface area contributed by atoms with Gasteiger partial charge in [0.1, 0.15) is 0 Å². The number of piperidine rings is 1. The Kier molecular flexibility index (Phi) is 7.28. The molecular formula is C23H27F4N3O3. The molecule has 3 N–H and O–H groups in total. The SMILES string of the molecule is Cc1cc(NC(=O)N2CCC(F)(c3ncc(C[C@H](O)CO)cc3C)CC2)ccc1C(F)(F)F. The van der Waals surface area contributed by atoms with E-state index in [4.69, 9.17) is 5.11 Å². The van der Waals surface area contributed by atoms with Gasteiger partial charge in [-0.05, 0) is 48.7 Å². The molecule has 2 amide bonds. The second kappa shape index (κ2) is 9.64. The van der Waals surface area contributed by atoms with Gasteiger partial charge in [0.05, 0.1) is 24.0 Å². The van der Waals surface area contributed by atoms with Gasteiger partial charge in [0.15, 0.2) is 5.67 Å². The number of likely N-dealkylation sites (tertiary alicyclic amines) is 1. The van der Waals surface area contributed by atoms with Gasteiger partial charge >= 0.3 is 12.2 Å². The fourth-order valence-corrected chi connectivity index (χ4v) is 4.11. The molecule has 6 nitrogen and oxygen atoms in total. The molecule has 0 bridgehead atoms. The summed E-state index contributed by atoms with van der Waals surface area (Å²) >= 11 is 0. The molecule has 3 rings (SSSR count). The second-order valence-corrected chi connectivity index (χ2v) is 8.46. The van der Waals surface area contributed by atoms with Crippen LogP contribution in [-0.2, 0) is 18.3 Å². The maximum Gasteiger partial charge on any atom is 0.416 e. The number of pyridine rings is 1. The minimum absolute atomic E-state index is 0.00165. The lowest BCUT2D eigenvalue weighted by molar-refractivity contribution is -0.138. The summed E-state index contributed by atoms with van der Waals surface area (Å²) in [5.74, 6) is 0. The first kappa shape index (κ1) is 24.9. The number of benzene rings is 1. The van der Waals surface area contributed by atoms with Crippen LogP contribution in [0.5, 0.6) is 0 Å². The van der Waals surface area contributed by atoms with Crippen molar-refractivity contribution in [2.24, 2.45) is 0 Å². The van der Waals surface area contributed by atoms with E-state index in [0.29, 0.717) is 11.1 Å². The predicted molar refractivity (Wildman–Crippen MR) is 115 cm³/mol. The van der Waals surface area contributed by atoms with Gasteiger partial charge < -0.3 is 20.4 Å². The maximum absolute atomic E-state index is 15.7. The standard InChI is InChI=1S/C23H27F4N3O3/c1-14-10-17(3-4-19(14)23(25,26)27)29-21(33)30-7-5-22(24,6-8-30)20-15(2)9-16(12-28-20)11-18(32)13-31/h3-4,9-10,12,18,31-32H,5-8,11,13H2,1-2H3,(H,29,33)/t18-/m0/s1. The van der Waals surface area contributed by atoms with E-state index in [-0.39, 0.29) is 55.9 Å². The van der Waals surface area contributed by atoms with E-state index >= 15 is 4.39 Å². The van der Waals surface area contributed by atoms with Crippen molar-refractivity contribution < 1.29 is 32.6 Å². The van der Waals surface area contributed by atoms with Crippen molar-refractivity contribution >= 4 is 11.7 Å². The zero-order valence-electron chi connectivity index (χ0n) is 18.4. The lowest BCUT2D eigenvalue weighted by Gasteiger charge is -2.36. The van der Waals surface area contributed by atoms with E-state index in [1.807, 2.05) is 0 Å². The molecule has 180 valence electrons. The number of carbonyl (C=O) groups is 1. The Morgan fingerprint density at radius 1 is 1.21 bits per heavy atom. The molecule has 1 aromatic heterocycles. The number of aliphatic hydroxyl groups is 2. The number of aliphatic hydroxyl groups excluding tert-OH is 2. The van der Waals surface area contributed by atoms with E-state index < -0.39 is 29.5 Å². The quantitative estimate of drug-likeness (QED) is 0.576. The normalized spacial score (nSPS) is 17.0. The van der Waals surface area contributed by atoms with Crippen LogP contribution >= 0.6 is 0 Å². The third-order valence-corrected chi connectivity index (χ3v) is 5.87. The number of amides is 2. The number of hydrogen-bond acceptors (Lipinski definition) is 4. The molecule has 10 heteroatoms. The van der Waals surface area contributed by atoms with Crippen molar-refractivity contribution in [3.05, 3.63) is 58.4 Å². The number of anilines is 1. The summed E-state index contributed by atoms with van der Waals surface area (Å²) in [6, 6.07) is 4.60. The highest BCUT2D eigenvalue weighted by Gasteiger charge is 2.40. The van der Waals surface area contributed by atoms with Crippen LogP contribution in [0.2, 0.25) is 0 Å². The Morgan fingerprint density at radius 3 is 2.42 bits per heavy atom. The first-order valence-corrected chi connectivity index (χ1v) is 10.6. The molecule has 33 heavy (non-hydrogen) atoms. The highest BCUT2D eigenvalue weighted by molar-refractivity contribution is 5.89. The maximum atomic E-state index is 15.7. The molecule has 1 saturated heterocycles. The van der Waals surface area contributed by atoms with Crippen LogP contribution in [0.15, 0.2) is 30.5 Å². The summed E-state index contributed by atoms with van der Waals surface area (Å²) < 4.78 is 54.4. The molecular weight excluding hydrogens is 442 g/mol. The number of carbonyl (C=O) groups excluding carboxylic acids is 1. The summed E-state index contributed by atoms with van der Waals surface area (Å²) in [4.78, 5) is 18.2. The molecule has 1 aliphatic heterocycles. The van der Waals surface area contributed by atoms with Crippen LogP contribution in [0, 0.1) is 13.8 Å². The van der Waals surface area contributed by atoms with Crippen molar-refractivity contribution in [1.29, 1.82) is 0 Å². The first-order valence-electron chi connectivity index (χ1n) is 10.6. The van der Waals surface area contributed by atoms with Gasteiger partial charge in [0.2, 0.25) is 0 Å². The van der Waals surface area contributed by atoms with Gasteiger partial charge in [-0.25, -0.2) is 9.18 Å². The molecule has 0 unspecified atom stereocenters. The molecule has 1 fully saturated rings. The van der Waals surface area contributed by atoms with Crippen LogP contribution in [-0.4, -0.2) is 51.9 Å². The van der Waals surface area contributed by atoms with Crippen molar-refractivity contribution in [2.45, 2.75) is 51.1 Å². The zero-order chi connectivity index (χ0) is 24.4. The van der Waals surface area contributed by atoms with Crippen LogP contribution in [0.3, 0.4) is 0 Å². The summed E-state index contributed by atoms with van der Waals surface area (Å²) in [5.41, 5.74) is -0.661. The van der Waals surface area contributed by atoms with Crippen LogP contribution in [0.1, 0.15) is 40.8 Å². The van der Waals surface area contributed by atoms with E-state index in [1.165, 1.54) is 30.2 Å². The van der Waals surface area contributed by atoms with E-state index in [9.17, 15) is 23.1 Å². The average Bonchev–Trinajstić information content (AvgIpc) is 2.73. The minimum atomic E-state index is -4.47. The van der Waals surface area contributed by atoms with Gasteiger partial charge in [-0.3, -0.25) is 4.98 Å². The fourth-order valence-electron chi connectivity index (χ4n) is 4.11. The minimum Gasteiger partial charge on any atom is -0.394 e. The van der Waals surface area contributed by atoms with Gasteiger partial charge in [0.25, 0.3) is 0 Å². The zero-order valence-corrected chi connectivity index (χ0v) is 18.4. The van der Waals surface area contributed by atoms with Crippen LogP contribution < -0.4 is 5.32 Å². The molecule has 0 aliphatic carbocycles. The third-order valence-electron chi connectivity index (χ3n) is 5.87. The molecule has 1 atom stereocenters. The highest BCUT2D eigenvalue weighted by Crippen LogP contribution is 2.38. The van der Waals surface area contributed by atoms with E-state index in [0.717, 1.165) is 6.07 Å². The second-order valence-electron chi connectivity index (χ2n) is 8.46. The van der Waals surface area contributed by atoms with E-state index in [1.54, 1.807) is 13.0 Å². The Balaban J connectivity index is 1.63. The number of halogens is 4. The first-order chi connectivity index (χ1) is 15.4. The molecule has 1 aromatic carbocycles. The number of rotatable bonds is 5. The number of alkyl halides is 4. The van der Waals surface area contributed by atoms with Gasteiger partial charge in [-0.1, -0.05) is 6.07 Å². The summed E-state index contributed by atoms with van der Waals surface area (Å²) in [6.07, 6.45) is -3.63. The fraction of sp³-hybridized carbons (Fsp3) is 0.478. The molecule has 0 spiro atoms. The predicted octanol–water partition coefficient (Wildman–Crippen LogP) is 4.11. The molecule has 2 aromatic rings. The number of hydrogen-bond donors (Lipinski definition) is 3. The number of aryl methyl sites for hydroxylation is 2. The summed E-state index contributed by atoms with van der Waals surface area (Å²) in [7, 11) is 0. The Bertz CT molecular complexity index is 1000. The molecule has 1 aliphatic rings. The Morgan fingerprint density at radius 2 is 1.88 bits per heavy atom. The summed E-state index contributed by atoms with van der Waals surface area (Å²) in [5, 5.41) is 21.1. The van der Waals surface area contributed by atoms with Crippen LogP contribution in [0.25, 0.3) is 0 Å². The van der Waals surface area contributed by atoms with Crippen molar-refractivity contribution in [3.8, 4) is 0 Å². The van der Waals surface area contributed by atoms with E-state index in [2.05, 4.69) is 10.3 Å². The highest BCUT2D eigenvalue weighted by atomic mass is 19.4. The van der Waals surface area contributed by atoms with Gasteiger partial charge in [-0.2, -0.15) is 13.2 Å². The molecule has 0 radical (unpaired) electrons. The lowest BCUT2D eigenvalue weighted by Crippen LogP contribution is -2.45.